The fraction of sp³-hybridized carbons (Fsp3) is 0.471. The van der Waals surface area contributed by atoms with E-state index in [4.69, 9.17) is 15.2 Å². The molecule has 1 aliphatic rings. The van der Waals surface area contributed by atoms with Crippen molar-refractivity contribution in [3.05, 3.63) is 23.4 Å². The Morgan fingerprint density at radius 1 is 1.42 bits per heavy atom. The summed E-state index contributed by atoms with van der Waals surface area (Å²) in [5, 5.41) is 0.809. The lowest BCUT2D eigenvalue weighted by atomic mass is 9.84. The Hall–Kier alpha value is -2.26. The lowest BCUT2D eigenvalue weighted by molar-refractivity contribution is -0.119. The van der Waals surface area contributed by atoms with Gasteiger partial charge < -0.3 is 20.2 Å². The normalized spacial score (nSPS) is 17.1. The van der Waals surface area contributed by atoms with Crippen molar-refractivity contribution in [3.8, 4) is 11.5 Å². The van der Waals surface area contributed by atoms with Crippen LogP contribution in [0, 0.1) is 0 Å². The number of ether oxygens (including phenoxy) is 2. The van der Waals surface area contributed by atoms with E-state index in [2.05, 4.69) is 9.71 Å². The number of fused-ring (bicyclic) bond motifs is 3. The highest BCUT2D eigenvalue weighted by Gasteiger charge is 2.30. The third kappa shape index (κ3) is 3.78. The number of sulfonamides is 1. The topological polar surface area (TPSA) is 124 Å². The third-order valence-electron chi connectivity index (χ3n) is 4.53. The van der Waals surface area contributed by atoms with E-state index in [1.807, 2.05) is 6.07 Å². The number of methoxy groups -OCH3 is 1. The highest BCUT2D eigenvalue weighted by Crippen LogP contribution is 2.42. The van der Waals surface area contributed by atoms with Crippen molar-refractivity contribution in [2.24, 2.45) is 5.73 Å². The SMILES string of the molecule is COc1cc(OCCNS(C)(=O)=O)c2c3c([nH]c2c1)CCCC3C(N)=O. The minimum atomic E-state index is -3.28. The molecule has 8 nitrogen and oxygen atoms in total. The van der Waals surface area contributed by atoms with Gasteiger partial charge in [-0.25, -0.2) is 13.1 Å². The molecule has 1 aromatic heterocycles. The minimum absolute atomic E-state index is 0.142. The van der Waals surface area contributed by atoms with Crippen LogP contribution in [0.15, 0.2) is 12.1 Å². The molecule has 1 atom stereocenters. The first-order valence-electron chi connectivity index (χ1n) is 8.39. The lowest BCUT2D eigenvalue weighted by Gasteiger charge is -2.21. The highest BCUT2D eigenvalue weighted by atomic mass is 32.2. The quantitative estimate of drug-likeness (QED) is 0.618. The standard InChI is InChI=1S/C17H23N3O5S/c1-24-10-8-13-16(14(9-10)25-7-6-19-26(2,22)23)15-11(17(18)21)4-3-5-12(15)20-13/h8-9,11,19-20H,3-7H2,1-2H3,(H2,18,21). The molecule has 0 bridgehead atoms. The van der Waals surface area contributed by atoms with Crippen molar-refractivity contribution >= 4 is 26.8 Å². The molecule has 3 rings (SSSR count). The molecule has 4 N–H and O–H groups in total. The molecule has 9 heteroatoms. The number of aromatic amines is 1. The molecule has 0 fully saturated rings. The Morgan fingerprint density at radius 2 is 2.19 bits per heavy atom. The number of aryl methyl sites for hydroxylation is 1. The maximum Gasteiger partial charge on any atom is 0.225 e. The molecule has 26 heavy (non-hydrogen) atoms. The number of rotatable bonds is 7. The van der Waals surface area contributed by atoms with Crippen LogP contribution in [-0.4, -0.2) is 45.8 Å². The number of primary amides is 1. The second-order valence-electron chi connectivity index (χ2n) is 6.43. The van der Waals surface area contributed by atoms with Gasteiger partial charge >= 0.3 is 0 Å². The molecule has 1 aromatic carbocycles. The fourth-order valence-electron chi connectivity index (χ4n) is 3.46. The van der Waals surface area contributed by atoms with Gasteiger partial charge in [0, 0.05) is 29.8 Å². The van der Waals surface area contributed by atoms with Crippen LogP contribution in [0.3, 0.4) is 0 Å². The second kappa shape index (κ2) is 7.16. The van der Waals surface area contributed by atoms with Crippen molar-refractivity contribution in [2.75, 3.05) is 26.5 Å². The Bertz CT molecular complexity index is 936. The van der Waals surface area contributed by atoms with Gasteiger partial charge in [0.15, 0.2) is 0 Å². The molecular weight excluding hydrogens is 358 g/mol. The zero-order valence-electron chi connectivity index (χ0n) is 14.8. The zero-order chi connectivity index (χ0) is 18.9. The first kappa shape index (κ1) is 18.5. The maximum atomic E-state index is 11.9. The summed E-state index contributed by atoms with van der Waals surface area (Å²) in [5.74, 6) is 0.433. The van der Waals surface area contributed by atoms with Gasteiger partial charge in [-0.05, 0) is 24.8 Å². The first-order chi connectivity index (χ1) is 12.3. The van der Waals surface area contributed by atoms with Crippen LogP contribution < -0.4 is 19.9 Å². The van der Waals surface area contributed by atoms with E-state index in [-0.39, 0.29) is 25.0 Å². The molecule has 1 unspecified atom stereocenters. The van der Waals surface area contributed by atoms with E-state index in [1.54, 1.807) is 13.2 Å². The van der Waals surface area contributed by atoms with E-state index in [0.29, 0.717) is 17.9 Å². The molecular formula is C17H23N3O5S. The summed E-state index contributed by atoms with van der Waals surface area (Å²) in [5.41, 5.74) is 8.30. The molecule has 1 amide bonds. The molecule has 142 valence electrons. The smallest absolute Gasteiger partial charge is 0.225 e. The molecule has 1 heterocycles. The largest absolute Gasteiger partial charge is 0.497 e. The van der Waals surface area contributed by atoms with Gasteiger partial charge in [0.25, 0.3) is 0 Å². The molecule has 2 aromatic rings. The number of benzene rings is 1. The summed E-state index contributed by atoms with van der Waals surface area (Å²) >= 11 is 0. The summed E-state index contributed by atoms with van der Waals surface area (Å²) < 4.78 is 35.9. The number of carbonyl (C=O) groups is 1. The highest BCUT2D eigenvalue weighted by molar-refractivity contribution is 7.88. The van der Waals surface area contributed by atoms with Gasteiger partial charge in [0.1, 0.15) is 18.1 Å². The van der Waals surface area contributed by atoms with Crippen LogP contribution in [0.5, 0.6) is 11.5 Å². The summed E-state index contributed by atoms with van der Waals surface area (Å²) in [6.45, 7) is 0.292. The summed E-state index contributed by atoms with van der Waals surface area (Å²) in [6, 6.07) is 3.59. The van der Waals surface area contributed by atoms with Gasteiger partial charge in [0.2, 0.25) is 15.9 Å². The van der Waals surface area contributed by atoms with E-state index >= 15 is 0 Å². The Morgan fingerprint density at radius 3 is 2.85 bits per heavy atom. The number of amides is 1. The Balaban J connectivity index is 2.00. The maximum absolute atomic E-state index is 11.9. The number of H-pyrrole nitrogens is 1. The van der Waals surface area contributed by atoms with Crippen molar-refractivity contribution in [1.82, 2.24) is 9.71 Å². The summed E-state index contributed by atoms with van der Waals surface area (Å²) in [6.07, 6.45) is 3.53. The molecule has 0 saturated heterocycles. The van der Waals surface area contributed by atoms with E-state index in [0.717, 1.165) is 41.3 Å². The van der Waals surface area contributed by atoms with Crippen molar-refractivity contribution in [2.45, 2.75) is 25.2 Å². The summed E-state index contributed by atoms with van der Waals surface area (Å²) in [7, 11) is -1.72. The minimum Gasteiger partial charge on any atom is -0.497 e. The van der Waals surface area contributed by atoms with Gasteiger partial charge in [-0.3, -0.25) is 4.79 Å². The number of hydrogen-bond donors (Lipinski definition) is 3. The Labute approximate surface area is 152 Å². The van der Waals surface area contributed by atoms with Crippen LogP contribution in [0.4, 0.5) is 0 Å². The fourth-order valence-corrected chi connectivity index (χ4v) is 3.91. The van der Waals surface area contributed by atoms with Gasteiger partial charge in [0.05, 0.1) is 24.8 Å². The van der Waals surface area contributed by atoms with E-state index in [9.17, 15) is 13.2 Å². The Kier molecular flexibility index (Phi) is 5.10. The van der Waals surface area contributed by atoms with Crippen LogP contribution in [0.25, 0.3) is 10.9 Å². The average Bonchev–Trinajstić information content (AvgIpc) is 2.95. The number of nitrogens with one attached hydrogen (secondary N) is 2. The monoisotopic (exact) mass is 381 g/mol. The van der Waals surface area contributed by atoms with Gasteiger partial charge in [-0.2, -0.15) is 0 Å². The molecule has 0 spiro atoms. The van der Waals surface area contributed by atoms with Crippen LogP contribution in [0.2, 0.25) is 0 Å². The lowest BCUT2D eigenvalue weighted by Crippen LogP contribution is -2.27. The molecule has 1 aliphatic carbocycles. The van der Waals surface area contributed by atoms with Crippen molar-refractivity contribution in [1.29, 1.82) is 0 Å². The van der Waals surface area contributed by atoms with Gasteiger partial charge in [-0.1, -0.05) is 0 Å². The molecule has 0 radical (unpaired) electrons. The van der Waals surface area contributed by atoms with Gasteiger partial charge in [-0.15, -0.1) is 0 Å². The van der Waals surface area contributed by atoms with Crippen molar-refractivity contribution in [3.63, 3.8) is 0 Å². The van der Waals surface area contributed by atoms with Crippen LogP contribution in [-0.2, 0) is 21.2 Å². The first-order valence-corrected chi connectivity index (χ1v) is 10.3. The van der Waals surface area contributed by atoms with Crippen LogP contribution in [0.1, 0.15) is 30.0 Å². The predicted molar refractivity (Wildman–Crippen MR) is 98.1 cm³/mol. The number of aromatic nitrogens is 1. The number of hydrogen-bond acceptors (Lipinski definition) is 5. The average molecular weight is 381 g/mol. The van der Waals surface area contributed by atoms with Crippen molar-refractivity contribution < 1.29 is 22.7 Å². The number of carbonyl (C=O) groups excluding carboxylic acids is 1. The predicted octanol–water partition coefficient (Wildman–Crippen LogP) is 1.01. The third-order valence-corrected chi connectivity index (χ3v) is 5.26. The van der Waals surface area contributed by atoms with Crippen LogP contribution >= 0.6 is 0 Å². The second-order valence-corrected chi connectivity index (χ2v) is 8.26. The molecule has 0 aliphatic heterocycles. The van der Waals surface area contributed by atoms with E-state index in [1.165, 1.54) is 0 Å². The number of nitrogens with two attached hydrogens (primary N) is 1. The zero-order valence-corrected chi connectivity index (χ0v) is 15.6. The summed E-state index contributed by atoms with van der Waals surface area (Å²) in [4.78, 5) is 15.3. The molecule has 0 saturated carbocycles. The van der Waals surface area contributed by atoms with E-state index < -0.39 is 10.0 Å².